The molecule has 1 N–H and O–H groups in total. The van der Waals surface area contributed by atoms with E-state index in [2.05, 4.69) is 24.1 Å². The van der Waals surface area contributed by atoms with Crippen LogP contribution in [-0.2, 0) is 0 Å². The summed E-state index contributed by atoms with van der Waals surface area (Å²) in [5, 5.41) is 4.02. The monoisotopic (exact) mass is 302 g/mol. The van der Waals surface area contributed by atoms with Crippen LogP contribution in [0.4, 0.5) is 0 Å². The van der Waals surface area contributed by atoms with Crippen LogP contribution >= 0.6 is 0 Å². The Bertz CT molecular complexity index is 441. The standard InChI is InChI=1S/C20H34N2/c1-3-4-9-18-14(2)10-11-19-20-16(12-13-22(18)19)15-7-5-6-8-17(15)21-20/h14-15,17-19,21H,3-13H2,1-2H3/t14-,15?,17+,18-,19?/m1/s1. The second-order valence-corrected chi connectivity index (χ2v) is 8.35. The molecule has 2 heteroatoms. The zero-order chi connectivity index (χ0) is 15.1. The minimum absolute atomic E-state index is 0.743. The third kappa shape index (κ3) is 2.42. The highest BCUT2D eigenvalue weighted by molar-refractivity contribution is 5.32. The lowest BCUT2D eigenvalue weighted by Gasteiger charge is -2.49. The van der Waals surface area contributed by atoms with E-state index in [1.54, 1.807) is 5.70 Å². The van der Waals surface area contributed by atoms with Crippen LogP contribution < -0.4 is 5.32 Å². The van der Waals surface area contributed by atoms with Crippen LogP contribution in [-0.4, -0.2) is 29.6 Å². The van der Waals surface area contributed by atoms with Crippen molar-refractivity contribution in [1.29, 1.82) is 0 Å². The maximum atomic E-state index is 4.02. The van der Waals surface area contributed by atoms with E-state index in [4.69, 9.17) is 0 Å². The van der Waals surface area contributed by atoms with Crippen LogP contribution in [0.3, 0.4) is 0 Å². The number of hydrogen-bond donors (Lipinski definition) is 1. The van der Waals surface area contributed by atoms with E-state index in [0.29, 0.717) is 0 Å². The van der Waals surface area contributed by atoms with Gasteiger partial charge in [-0.2, -0.15) is 0 Å². The predicted molar refractivity (Wildman–Crippen MR) is 92.7 cm³/mol. The molecule has 2 nitrogen and oxygen atoms in total. The van der Waals surface area contributed by atoms with Gasteiger partial charge < -0.3 is 5.32 Å². The van der Waals surface area contributed by atoms with Gasteiger partial charge in [0, 0.05) is 36.3 Å². The summed E-state index contributed by atoms with van der Waals surface area (Å²) >= 11 is 0. The van der Waals surface area contributed by atoms with Crippen LogP contribution in [0.5, 0.6) is 0 Å². The number of hydrogen-bond acceptors (Lipinski definition) is 2. The Hall–Kier alpha value is -0.500. The van der Waals surface area contributed by atoms with Crippen LogP contribution in [0, 0.1) is 11.8 Å². The van der Waals surface area contributed by atoms with E-state index in [1.807, 2.05) is 5.57 Å². The molecule has 0 aromatic heterocycles. The zero-order valence-electron chi connectivity index (χ0n) is 14.6. The van der Waals surface area contributed by atoms with Gasteiger partial charge in [0.1, 0.15) is 0 Å². The highest BCUT2D eigenvalue weighted by Gasteiger charge is 2.45. The molecular weight excluding hydrogens is 268 g/mol. The Labute approximate surface area is 136 Å². The number of fused-ring (bicyclic) bond motifs is 4. The van der Waals surface area contributed by atoms with Crippen molar-refractivity contribution in [3.05, 3.63) is 11.3 Å². The maximum Gasteiger partial charge on any atom is 0.0498 e. The smallest absolute Gasteiger partial charge is 0.0498 e. The van der Waals surface area contributed by atoms with Gasteiger partial charge in [0.05, 0.1) is 0 Å². The Morgan fingerprint density at radius 2 is 2.00 bits per heavy atom. The molecule has 4 rings (SSSR count). The van der Waals surface area contributed by atoms with Gasteiger partial charge in [-0.15, -0.1) is 0 Å². The lowest BCUT2D eigenvalue weighted by molar-refractivity contribution is 0.0465. The molecule has 22 heavy (non-hydrogen) atoms. The molecule has 0 aromatic carbocycles. The van der Waals surface area contributed by atoms with Crippen molar-refractivity contribution in [2.45, 2.75) is 96.2 Å². The summed E-state index contributed by atoms with van der Waals surface area (Å²) in [6.07, 6.45) is 14.1. The van der Waals surface area contributed by atoms with Crippen LogP contribution in [0.2, 0.25) is 0 Å². The van der Waals surface area contributed by atoms with E-state index in [-0.39, 0.29) is 0 Å². The number of nitrogens with zero attached hydrogens (tertiary/aromatic N) is 1. The van der Waals surface area contributed by atoms with E-state index in [1.165, 1.54) is 70.8 Å². The van der Waals surface area contributed by atoms with Gasteiger partial charge >= 0.3 is 0 Å². The minimum Gasteiger partial charge on any atom is -0.384 e. The van der Waals surface area contributed by atoms with Gasteiger partial charge in [-0.05, 0) is 50.0 Å². The highest BCUT2D eigenvalue weighted by Crippen LogP contribution is 2.45. The first-order valence-corrected chi connectivity index (χ1v) is 10.0. The summed E-state index contributed by atoms with van der Waals surface area (Å²) in [4.78, 5) is 2.91. The first-order valence-electron chi connectivity index (χ1n) is 10.0. The molecule has 1 saturated carbocycles. The molecule has 1 aliphatic carbocycles. The minimum atomic E-state index is 0.743. The second-order valence-electron chi connectivity index (χ2n) is 8.35. The van der Waals surface area contributed by atoms with Crippen molar-refractivity contribution in [3.8, 4) is 0 Å². The first-order chi connectivity index (χ1) is 10.8. The first kappa shape index (κ1) is 15.1. The summed E-state index contributed by atoms with van der Waals surface area (Å²) in [5.74, 6) is 1.80. The van der Waals surface area contributed by atoms with Gasteiger partial charge in [0.15, 0.2) is 0 Å². The fourth-order valence-electron chi connectivity index (χ4n) is 5.93. The zero-order valence-corrected chi connectivity index (χ0v) is 14.6. The molecule has 0 radical (unpaired) electrons. The summed E-state index contributed by atoms with van der Waals surface area (Å²) < 4.78 is 0. The van der Waals surface area contributed by atoms with Crippen LogP contribution in [0.25, 0.3) is 0 Å². The molecule has 0 amide bonds. The second kappa shape index (κ2) is 6.19. The Morgan fingerprint density at radius 3 is 2.86 bits per heavy atom. The summed E-state index contributed by atoms with van der Waals surface area (Å²) in [5.41, 5.74) is 3.56. The molecule has 2 unspecified atom stereocenters. The topological polar surface area (TPSA) is 15.3 Å². The number of nitrogens with one attached hydrogen (secondary N) is 1. The molecule has 124 valence electrons. The summed E-state index contributed by atoms with van der Waals surface area (Å²) in [6.45, 7) is 6.18. The molecule has 5 atom stereocenters. The predicted octanol–water partition coefficient (Wildman–Crippen LogP) is 4.47. The van der Waals surface area contributed by atoms with Gasteiger partial charge in [0.25, 0.3) is 0 Å². The number of unbranched alkanes of at least 4 members (excludes halogenated alkanes) is 1. The van der Waals surface area contributed by atoms with Crippen molar-refractivity contribution in [2.75, 3.05) is 6.54 Å². The molecule has 1 saturated heterocycles. The van der Waals surface area contributed by atoms with Crippen molar-refractivity contribution in [3.63, 3.8) is 0 Å². The molecule has 2 fully saturated rings. The number of rotatable bonds is 3. The third-order valence-corrected chi connectivity index (χ3v) is 7.11. The Balaban J connectivity index is 1.55. The Kier molecular flexibility index (Phi) is 4.23. The molecule has 0 bridgehead atoms. The third-order valence-electron chi connectivity index (χ3n) is 7.11. The van der Waals surface area contributed by atoms with Gasteiger partial charge in [-0.3, -0.25) is 4.90 Å². The van der Waals surface area contributed by atoms with Crippen molar-refractivity contribution in [1.82, 2.24) is 10.2 Å². The summed E-state index contributed by atoms with van der Waals surface area (Å²) in [7, 11) is 0. The van der Waals surface area contributed by atoms with Crippen molar-refractivity contribution in [2.24, 2.45) is 11.8 Å². The molecule has 4 aliphatic rings. The van der Waals surface area contributed by atoms with Crippen molar-refractivity contribution >= 4 is 0 Å². The average molecular weight is 303 g/mol. The summed E-state index contributed by atoms with van der Waals surface area (Å²) in [6, 6.07) is 2.39. The van der Waals surface area contributed by atoms with E-state index >= 15 is 0 Å². The fourth-order valence-corrected chi connectivity index (χ4v) is 5.93. The van der Waals surface area contributed by atoms with E-state index in [9.17, 15) is 0 Å². The molecule has 3 aliphatic heterocycles. The normalized spacial score (nSPS) is 41.6. The maximum absolute atomic E-state index is 4.02. The average Bonchev–Trinajstić information content (AvgIpc) is 2.92. The molecular formula is C20H34N2. The molecule has 0 spiro atoms. The highest BCUT2D eigenvalue weighted by atomic mass is 15.2. The lowest BCUT2D eigenvalue weighted by Crippen LogP contribution is -2.54. The van der Waals surface area contributed by atoms with E-state index < -0.39 is 0 Å². The van der Waals surface area contributed by atoms with Gasteiger partial charge in [-0.1, -0.05) is 39.5 Å². The Morgan fingerprint density at radius 1 is 1.14 bits per heavy atom. The van der Waals surface area contributed by atoms with Crippen LogP contribution in [0.1, 0.15) is 78.1 Å². The quantitative estimate of drug-likeness (QED) is 0.827. The fraction of sp³-hybridized carbons (Fsp3) is 0.900. The van der Waals surface area contributed by atoms with E-state index in [0.717, 1.165) is 30.0 Å². The molecule has 3 heterocycles. The van der Waals surface area contributed by atoms with Gasteiger partial charge in [-0.25, -0.2) is 0 Å². The van der Waals surface area contributed by atoms with Crippen molar-refractivity contribution < 1.29 is 0 Å². The largest absolute Gasteiger partial charge is 0.384 e. The molecule has 0 aromatic rings. The van der Waals surface area contributed by atoms with Gasteiger partial charge in [0.2, 0.25) is 0 Å². The lowest BCUT2D eigenvalue weighted by atomic mass is 9.77. The number of piperidine rings is 1. The SMILES string of the molecule is CCCC[C@@H]1[C@H](C)CCC2C3=C(CCN21)C1CCCC[C@@H]1N3. The van der Waals surface area contributed by atoms with Crippen LogP contribution in [0.15, 0.2) is 11.3 Å².